The van der Waals surface area contributed by atoms with E-state index in [-0.39, 0.29) is 6.10 Å². The summed E-state index contributed by atoms with van der Waals surface area (Å²) < 4.78 is 11.3. The maximum absolute atomic E-state index is 9.31. The summed E-state index contributed by atoms with van der Waals surface area (Å²) in [5.74, 6) is 0.513. The second kappa shape index (κ2) is 5.74. The average molecular weight is 250 g/mol. The van der Waals surface area contributed by atoms with E-state index in [0.29, 0.717) is 23.9 Å². The van der Waals surface area contributed by atoms with Crippen molar-refractivity contribution in [3.8, 4) is 5.75 Å². The van der Waals surface area contributed by atoms with Crippen molar-refractivity contribution in [3.63, 3.8) is 0 Å². The van der Waals surface area contributed by atoms with E-state index < -0.39 is 7.12 Å². The number of hydrogen-bond acceptors (Lipinski definition) is 4. The van der Waals surface area contributed by atoms with Gasteiger partial charge in [-0.3, -0.25) is 0 Å². The van der Waals surface area contributed by atoms with Gasteiger partial charge in [-0.15, -0.1) is 0 Å². The summed E-state index contributed by atoms with van der Waals surface area (Å²) in [6.07, 6.45) is 2.44. The van der Waals surface area contributed by atoms with Crippen LogP contribution in [0.4, 0.5) is 0 Å². The summed E-state index contributed by atoms with van der Waals surface area (Å²) >= 11 is 0. The molecule has 18 heavy (non-hydrogen) atoms. The molecule has 1 aromatic carbocycles. The molecule has 0 spiro atoms. The van der Waals surface area contributed by atoms with E-state index in [4.69, 9.17) is 9.47 Å². The highest BCUT2D eigenvalue weighted by atomic mass is 16.5. The summed E-state index contributed by atoms with van der Waals surface area (Å²) in [7, 11) is -1.51. The Hall–Kier alpha value is -1.04. The predicted molar refractivity (Wildman–Crippen MR) is 70.1 cm³/mol. The molecule has 0 amide bonds. The van der Waals surface area contributed by atoms with Gasteiger partial charge in [0.2, 0.25) is 0 Å². The molecule has 98 valence electrons. The van der Waals surface area contributed by atoms with Gasteiger partial charge in [0.25, 0.3) is 0 Å². The minimum atomic E-state index is -1.51. The molecule has 0 bridgehead atoms. The lowest BCUT2D eigenvalue weighted by Crippen LogP contribution is -2.32. The zero-order chi connectivity index (χ0) is 13.1. The lowest BCUT2D eigenvalue weighted by Gasteiger charge is -2.15. The van der Waals surface area contributed by atoms with Crippen LogP contribution in [0.5, 0.6) is 5.75 Å². The minimum Gasteiger partial charge on any atom is -0.491 e. The maximum atomic E-state index is 9.31. The van der Waals surface area contributed by atoms with E-state index in [0.717, 1.165) is 18.4 Å². The first-order chi connectivity index (χ1) is 8.56. The van der Waals surface area contributed by atoms with Gasteiger partial charge >= 0.3 is 7.12 Å². The van der Waals surface area contributed by atoms with Crippen LogP contribution >= 0.6 is 0 Å². The van der Waals surface area contributed by atoms with E-state index in [1.54, 1.807) is 12.1 Å². The molecule has 0 radical (unpaired) electrons. The fourth-order valence-corrected chi connectivity index (χ4v) is 2.19. The van der Waals surface area contributed by atoms with Gasteiger partial charge in [-0.25, -0.2) is 0 Å². The average Bonchev–Trinajstić information content (AvgIpc) is 2.73. The highest BCUT2D eigenvalue weighted by molar-refractivity contribution is 6.59. The molecule has 1 saturated heterocycles. The summed E-state index contributed by atoms with van der Waals surface area (Å²) in [6.45, 7) is 4.40. The van der Waals surface area contributed by atoms with Crippen molar-refractivity contribution >= 4 is 12.6 Å². The molecular formula is C13H19BO4. The Morgan fingerprint density at radius 1 is 1.39 bits per heavy atom. The number of rotatable bonds is 4. The van der Waals surface area contributed by atoms with Crippen LogP contribution in [-0.2, 0) is 4.74 Å². The van der Waals surface area contributed by atoms with Gasteiger partial charge in [0.15, 0.2) is 0 Å². The molecule has 0 saturated carbocycles. The molecule has 2 unspecified atom stereocenters. The molecule has 1 fully saturated rings. The summed E-state index contributed by atoms with van der Waals surface area (Å²) in [6, 6.07) is 5.37. The summed E-state index contributed by atoms with van der Waals surface area (Å²) in [4.78, 5) is 0. The number of hydrogen-bond donors (Lipinski definition) is 2. The largest absolute Gasteiger partial charge is 0.492 e. The maximum Gasteiger partial charge on any atom is 0.492 e. The number of aryl methyl sites for hydroxylation is 1. The molecule has 0 aromatic heterocycles. The standard InChI is InChI=1S/C13H19BO4/c1-9-3-6-13(12(7-9)14(15)16)17-8-11-5-4-10(2)18-11/h3,6-7,10-11,15-16H,4-5,8H2,1-2H3. The molecule has 2 rings (SSSR count). The second-order valence-corrected chi connectivity index (χ2v) is 4.87. The predicted octanol–water partition coefficient (Wildman–Crippen LogP) is 0.621. The van der Waals surface area contributed by atoms with Gasteiger partial charge in [-0.1, -0.05) is 17.7 Å². The Morgan fingerprint density at radius 3 is 2.78 bits per heavy atom. The van der Waals surface area contributed by atoms with Crippen molar-refractivity contribution in [2.75, 3.05) is 6.61 Å². The highest BCUT2D eigenvalue weighted by Gasteiger charge is 2.23. The normalized spacial score (nSPS) is 23.1. The van der Waals surface area contributed by atoms with E-state index in [9.17, 15) is 10.0 Å². The van der Waals surface area contributed by atoms with Crippen LogP contribution in [0.1, 0.15) is 25.3 Å². The van der Waals surface area contributed by atoms with Crippen LogP contribution < -0.4 is 10.2 Å². The Balaban J connectivity index is 2.00. The van der Waals surface area contributed by atoms with Crippen molar-refractivity contribution in [2.24, 2.45) is 0 Å². The third-order valence-corrected chi connectivity index (χ3v) is 3.19. The van der Waals surface area contributed by atoms with Crippen LogP contribution in [0.3, 0.4) is 0 Å². The topological polar surface area (TPSA) is 58.9 Å². The molecule has 4 nitrogen and oxygen atoms in total. The smallest absolute Gasteiger partial charge is 0.491 e. The van der Waals surface area contributed by atoms with Crippen LogP contribution in [0.15, 0.2) is 18.2 Å². The number of benzene rings is 1. The van der Waals surface area contributed by atoms with Crippen molar-refractivity contribution in [1.29, 1.82) is 0 Å². The van der Waals surface area contributed by atoms with Crippen LogP contribution in [0.25, 0.3) is 0 Å². The monoisotopic (exact) mass is 250 g/mol. The molecule has 1 aliphatic heterocycles. The number of ether oxygens (including phenoxy) is 2. The van der Waals surface area contributed by atoms with Gasteiger partial charge in [0.05, 0.1) is 12.2 Å². The zero-order valence-corrected chi connectivity index (χ0v) is 10.8. The van der Waals surface area contributed by atoms with Crippen molar-refractivity contribution < 1.29 is 19.5 Å². The minimum absolute atomic E-state index is 0.102. The lowest BCUT2D eigenvalue weighted by atomic mass is 9.79. The van der Waals surface area contributed by atoms with Gasteiger partial charge < -0.3 is 19.5 Å². The second-order valence-electron chi connectivity index (χ2n) is 4.87. The quantitative estimate of drug-likeness (QED) is 0.769. The Kier molecular flexibility index (Phi) is 4.27. The fraction of sp³-hybridized carbons (Fsp3) is 0.538. The SMILES string of the molecule is Cc1ccc(OCC2CCC(C)O2)c(B(O)O)c1. The molecule has 2 atom stereocenters. The highest BCUT2D eigenvalue weighted by Crippen LogP contribution is 2.20. The zero-order valence-electron chi connectivity index (χ0n) is 10.8. The van der Waals surface area contributed by atoms with E-state index >= 15 is 0 Å². The Labute approximate surface area is 108 Å². The summed E-state index contributed by atoms with van der Waals surface area (Å²) in [5.41, 5.74) is 1.37. The van der Waals surface area contributed by atoms with Gasteiger partial charge in [0, 0.05) is 5.46 Å². The van der Waals surface area contributed by atoms with Crippen molar-refractivity contribution in [1.82, 2.24) is 0 Å². The van der Waals surface area contributed by atoms with E-state index in [1.807, 2.05) is 13.0 Å². The third kappa shape index (κ3) is 3.25. The van der Waals surface area contributed by atoms with Gasteiger partial charge in [-0.05, 0) is 32.8 Å². The van der Waals surface area contributed by atoms with Crippen molar-refractivity contribution in [2.45, 2.75) is 38.9 Å². The molecule has 1 aromatic rings. The van der Waals surface area contributed by atoms with Crippen molar-refractivity contribution in [3.05, 3.63) is 23.8 Å². The first-order valence-corrected chi connectivity index (χ1v) is 6.31. The Morgan fingerprint density at radius 2 is 2.17 bits per heavy atom. The molecule has 1 aliphatic rings. The first-order valence-electron chi connectivity index (χ1n) is 6.31. The van der Waals surface area contributed by atoms with Gasteiger partial charge in [-0.2, -0.15) is 0 Å². The van der Waals surface area contributed by atoms with E-state index in [1.165, 1.54) is 0 Å². The van der Waals surface area contributed by atoms with Crippen LogP contribution in [0.2, 0.25) is 0 Å². The lowest BCUT2D eigenvalue weighted by molar-refractivity contribution is 0.0266. The summed E-state index contributed by atoms with van der Waals surface area (Å²) in [5, 5.41) is 18.6. The molecule has 1 heterocycles. The molecule has 0 aliphatic carbocycles. The molecule has 5 heteroatoms. The third-order valence-electron chi connectivity index (χ3n) is 3.19. The molecular weight excluding hydrogens is 231 g/mol. The Bertz CT molecular complexity index is 408. The van der Waals surface area contributed by atoms with E-state index in [2.05, 4.69) is 6.92 Å². The van der Waals surface area contributed by atoms with Gasteiger partial charge in [0.1, 0.15) is 12.4 Å². The fourth-order valence-electron chi connectivity index (χ4n) is 2.19. The first kappa shape index (κ1) is 13.4. The van der Waals surface area contributed by atoms with Crippen LogP contribution in [0, 0.1) is 6.92 Å². The molecule has 2 N–H and O–H groups in total. The van der Waals surface area contributed by atoms with Crippen LogP contribution in [-0.4, -0.2) is 36.0 Å².